The SMILES string of the molecule is COCCN(CCC(=O)Nc1cccc(C)c1)C(C)=O. The molecule has 0 saturated heterocycles. The molecule has 5 nitrogen and oxygen atoms in total. The number of carbonyl (C=O) groups is 2. The van der Waals surface area contributed by atoms with Gasteiger partial charge in [0.15, 0.2) is 0 Å². The van der Waals surface area contributed by atoms with E-state index in [1.807, 2.05) is 31.2 Å². The van der Waals surface area contributed by atoms with Gasteiger partial charge in [0.2, 0.25) is 11.8 Å². The number of carbonyl (C=O) groups excluding carboxylic acids is 2. The zero-order valence-corrected chi connectivity index (χ0v) is 12.3. The lowest BCUT2D eigenvalue weighted by molar-refractivity contribution is -0.130. The Kier molecular flexibility index (Phi) is 6.73. The van der Waals surface area contributed by atoms with Crippen LogP contribution >= 0.6 is 0 Å². The van der Waals surface area contributed by atoms with Gasteiger partial charge in [0.1, 0.15) is 0 Å². The number of ether oxygens (including phenoxy) is 1. The van der Waals surface area contributed by atoms with Gasteiger partial charge in [-0.05, 0) is 24.6 Å². The van der Waals surface area contributed by atoms with Crippen molar-refractivity contribution in [2.24, 2.45) is 0 Å². The van der Waals surface area contributed by atoms with E-state index < -0.39 is 0 Å². The van der Waals surface area contributed by atoms with Gasteiger partial charge in [-0.2, -0.15) is 0 Å². The molecule has 1 aromatic rings. The third kappa shape index (κ3) is 5.84. The number of methoxy groups -OCH3 is 1. The monoisotopic (exact) mass is 278 g/mol. The predicted octanol–water partition coefficient (Wildman–Crippen LogP) is 1.82. The van der Waals surface area contributed by atoms with Gasteiger partial charge in [0.25, 0.3) is 0 Å². The molecule has 0 aromatic heterocycles. The van der Waals surface area contributed by atoms with E-state index in [1.54, 1.807) is 12.0 Å². The lowest BCUT2D eigenvalue weighted by atomic mass is 10.2. The van der Waals surface area contributed by atoms with Crippen molar-refractivity contribution in [3.05, 3.63) is 29.8 Å². The van der Waals surface area contributed by atoms with Crippen LogP contribution in [0.25, 0.3) is 0 Å². The summed E-state index contributed by atoms with van der Waals surface area (Å²) in [5.74, 6) is -0.148. The van der Waals surface area contributed by atoms with E-state index in [1.165, 1.54) is 6.92 Å². The molecule has 20 heavy (non-hydrogen) atoms. The highest BCUT2D eigenvalue weighted by Crippen LogP contribution is 2.09. The lowest BCUT2D eigenvalue weighted by Crippen LogP contribution is -2.34. The summed E-state index contributed by atoms with van der Waals surface area (Å²) < 4.78 is 4.94. The first-order chi connectivity index (χ1) is 9.52. The second-order valence-electron chi connectivity index (χ2n) is 4.67. The Morgan fingerprint density at radius 3 is 2.65 bits per heavy atom. The number of nitrogens with zero attached hydrogens (tertiary/aromatic N) is 1. The smallest absolute Gasteiger partial charge is 0.226 e. The molecular weight excluding hydrogens is 256 g/mol. The normalized spacial score (nSPS) is 10.2. The summed E-state index contributed by atoms with van der Waals surface area (Å²) in [5.41, 5.74) is 1.87. The van der Waals surface area contributed by atoms with Crippen LogP contribution in [0.5, 0.6) is 0 Å². The molecule has 1 aromatic carbocycles. The highest BCUT2D eigenvalue weighted by molar-refractivity contribution is 5.91. The number of anilines is 1. The zero-order chi connectivity index (χ0) is 15.0. The van der Waals surface area contributed by atoms with Crippen LogP contribution < -0.4 is 5.32 Å². The molecule has 1 rings (SSSR count). The molecule has 0 aliphatic carbocycles. The maximum Gasteiger partial charge on any atom is 0.226 e. The topological polar surface area (TPSA) is 58.6 Å². The molecule has 0 bridgehead atoms. The zero-order valence-electron chi connectivity index (χ0n) is 12.3. The van der Waals surface area contributed by atoms with Crippen molar-refractivity contribution >= 4 is 17.5 Å². The van der Waals surface area contributed by atoms with Crippen LogP contribution in [0.15, 0.2) is 24.3 Å². The summed E-state index contributed by atoms with van der Waals surface area (Å²) in [6.07, 6.45) is 0.275. The highest BCUT2D eigenvalue weighted by Gasteiger charge is 2.11. The van der Waals surface area contributed by atoms with Gasteiger partial charge in [-0.1, -0.05) is 12.1 Å². The molecule has 0 spiro atoms. The standard InChI is InChI=1S/C15H22N2O3/c1-12-5-4-6-14(11-12)16-15(19)7-8-17(13(2)18)9-10-20-3/h4-6,11H,7-10H2,1-3H3,(H,16,19). The van der Waals surface area contributed by atoms with E-state index in [2.05, 4.69) is 5.32 Å². The summed E-state index contributed by atoms with van der Waals surface area (Å²) in [7, 11) is 1.59. The minimum absolute atomic E-state index is 0.0506. The third-order valence-corrected chi connectivity index (χ3v) is 2.92. The van der Waals surface area contributed by atoms with Crippen LogP contribution in [0.3, 0.4) is 0 Å². The van der Waals surface area contributed by atoms with Crippen molar-refractivity contribution in [1.29, 1.82) is 0 Å². The Morgan fingerprint density at radius 2 is 2.05 bits per heavy atom. The molecule has 110 valence electrons. The Morgan fingerprint density at radius 1 is 1.30 bits per heavy atom. The molecule has 0 heterocycles. The van der Waals surface area contributed by atoms with Gasteiger partial charge in [0.05, 0.1) is 6.61 Å². The number of aryl methyl sites for hydroxylation is 1. The van der Waals surface area contributed by atoms with E-state index in [0.717, 1.165) is 11.3 Å². The second-order valence-corrected chi connectivity index (χ2v) is 4.67. The van der Waals surface area contributed by atoms with Crippen LogP contribution in [0.1, 0.15) is 18.9 Å². The minimum atomic E-state index is -0.0979. The Bertz CT molecular complexity index is 460. The Hall–Kier alpha value is -1.88. The van der Waals surface area contributed by atoms with Crippen molar-refractivity contribution in [1.82, 2.24) is 4.90 Å². The van der Waals surface area contributed by atoms with Crippen LogP contribution in [0, 0.1) is 6.92 Å². The average molecular weight is 278 g/mol. The van der Waals surface area contributed by atoms with Crippen molar-refractivity contribution in [2.45, 2.75) is 20.3 Å². The molecular formula is C15H22N2O3. The number of amides is 2. The Labute approximate surface area is 119 Å². The fourth-order valence-electron chi connectivity index (χ4n) is 1.81. The number of hydrogen-bond donors (Lipinski definition) is 1. The number of rotatable bonds is 7. The number of benzene rings is 1. The van der Waals surface area contributed by atoms with Crippen LogP contribution in [-0.2, 0) is 14.3 Å². The number of hydrogen-bond acceptors (Lipinski definition) is 3. The summed E-state index contributed by atoms with van der Waals surface area (Å²) in [4.78, 5) is 24.9. The summed E-state index contributed by atoms with van der Waals surface area (Å²) in [6, 6.07) is 7.62. The summed E-state index contributed by atoms with van der Waals surface area (Å²) in [6.45, 7) is 4.84. The largest absolute Gasteiger partial charge is 0.383 e. The van der Waals surface area contributed by atoms with Gasteiger partial charge in [-0.15, -0.1) is 0 Å². The molecule has 0 aliphatic rings. The van der Waals surface area contributed by atoms with E-state index in [9.17, 15) is 9.59 Å². The summed E-state index contributed by atoms with van der Waals surface area (Å²) >= 11 is 0. The maximum absolute atomic E-state index is 11.8. The molecule has 0 aliphatic heterocycles. The van der Waals surface area contributed by atoms with E-state index in [4.69, 9.17) is 4.74 Å². The van der Waals surface area contributed by atoms with Crippen molar-refractivity contribution in [3.63, 3.8) is 0 Å². The first-order valence-electron chi connectivity index (χ1n) is 6.64. The first kappa shape index (κ1) is 16.2. The van der Waals surface area contributed by atoms with Crippen LogP contribution in [-0.4, -0.2) is 43.5 Å². The molecule has 0 saturated carbocycles. The molecule has 1 N–H and O–H groups in total. The van der Waals surface area contributed by atoms with Gasteiger partial charge in [-0.25, -0.2) is 0 Å². The predicted molar refractivity (Wildman–Crippen MR) is 78.6 cm³/mol. The van der Waals surface area contributed by atoms with Gasteiger partial charge < -0.3 is 15.0 Å². The van der Waals surface area contributed by atoms with Crippen molar-refractivity contribution < 1.29 is 14.3 Å². The number of nitrogens with one attached hydrogen (secondary N) is 1. The first-order valence-corrected chi connectivity index (χ1v) is 6.64. The third-order valence-electron chi connectivity index (χ3n) is 2.92. The molecule has 0 radical (unpaired) electrons. The quantitative estimate of drug-likeness (QED) is 0.827. The molecule has 2 amide bonds. The van der Waals surface area contributed by atoms with Gasteiger partial charge in [-0.3, -0.25) is 9.59 Å². The fourth-order valence-corrected chi connectivity index (χ4v) is 1.81. The average Bonchev–Trinajstić information content (AvgIpc) is 2.38. The molecule has 0 fully saturated rings. The Balaban J connectivity index is 2.43. The van der Waals surface area contributed by atoms with Gasteiger partial charge >= 0.3 is 0 Å². The van der Waals surface area contributed by atoms with Gasteiger partial charge in [0, 0.05) is 39.2 Å². The van der Waals surface area contributed by atoms with Crippen LogP contribution in [0.4, 0.5) is 5.69 Å². The van der Waals surface area contributed by atoms with Crippen molar-refractivity contribution in [3.8, 4) is 0 Å². The van der Waals surface area contributed by atoms with E-state index in [-0.39, 0.29) is 18.2 Å². The summed E-state index contributed by atoms with van der Waals surface area (Å²) in [5, 5.41) is 2.82. The minimum Gasteiger partial charge on any atom is -0.383 e. The maximum atomic E-state index is 11.8. The second kappa shape index (κ2) is 8.32. The molecule has 5 heteroatoms. The van der Waals surface area contributed by atoms with E-state index >= 15 is 0 Å². The van der Waals surface area contributed by atoms with E-state index in [0.29, 0.717) is 19.7 Å². The van der Waals surface area contributed by atoms with Crippen molar-refractivity contribution in [2.75, 3.05) is 32.1 Å². The molecule has 0 unspecified atom stereocenters. The molecule has 0 atom stereocenters. The highest BCUT2D eigenvalue weighted by atomic mass is 16.5. The fraction of sp³-hybridized carbons (Fsp3) is 0.467. The lowest BCUT2D eigenvalue weighted by Gasteiger charge is -2.20. The van der Waals surface area contributed by atoms with Crippen LogP contribution in [0.2, 0.25) is 0 Å².